The van der Waals surface area contributed by atoms with Crippen LogP contribution in [0.25, 0.3) is 0 Å². The van der Waals surface area contributed by atoms with E-state index in [0.29, 0.717) is 5.70 Å². The molecule has 0 fully saturated rings. The molecule has 0 unspecified atom stereocenters. The first-order valence-electron chi connectivity index (χ1n) is 4.57. The van der Waals surface area contributed by atoms with Crippen molar-refractivity contribution >= 4 is 5.78 Å². The van der Waals surface area contributed by atoms with E-state index < -0.39 is 0 Å². The minimum absolute atomic E-state index is 0.0833. The summed E-state index contributed by atoms with van der Waals surface area (Å²) in [6, 6.07) is 0. The van der Waals surface area contributed by atoms with Gasteiger partial charge in [0.05, 0.1) is 0 Å². The lowest BCUT2D eigenvalue weighted by molar-refractivity contribution is -0.121. The van der Waals surface area contributed by atoms with Gasteiger partial charge in [-0.15, -0.1) is 0 Å². The molecule has 0 spiro atoms. The van der Waals surface area contributed by atoms with Crippen LogP contribution in [0.15, 0.2) is 11.8 Å². The second-order valence-corrected chi connectivity index (χ2v) is 5.46. The standard InChI is InChI=1S/C11H21NO/c1-10(2,3)8(12)7-9(13)11(4,5)6/h7H,12H2,1-6H3. The van der Waals surface area contributed by atoms with Gasteiger partial charge in [-0.2, -0.15) is 0 Å². The highest BCUT2D eigenvalue weighted by molar-refractivity contribution is 5.94. The summed E-state index contributed by atoms with van der Waals surface area (Å²) in [5.41, 5.74) is 5.97. The average molecular weight is 183 g/mol. The predicted octanol–water partition coefficient (Wildman–Crippen LogP) is 2.49. The van der Waals surface area contributed by atoms with Crippen molar-refractivity contribution in [3.05, 3.63) is 11.8 Å². The van der Waals surface area contributed by atoms with E-state index in [0.717, 1.165) is 0 Å². The molecular weight excluding hydrogens is 162 g/mol. The second kappa shape index (κ2) is 3.52. The number of hydrogen-bond acceptors (Lipinski definition) is 2. The summed E-state index contributed by atoms with van der Waals surface area (Å²) in [5, 5.41) is 0. The Bertz CT molecular complexity index is 225. The third-order valence-electron chi connectivity index (χ3n) is 1.89. The van der Waals surface area contributed by atoms with Crippen molar-refractivity contribution in [1.82, 2.24) is 0 Å². The minimum atomic E-state index is -0.337. The molecule has 0 bridgehead atoms. The molecule has 0 aromatic carbocycles. The Morgan fingerprint density at radius 2 is 1.38 bits per heavy atom. The van der Waals surface area contributed by atoms with Gasteiger partial charge in [0.1, 0.15) is 0 Å². The maximum absolute atomic E-state index is 11.6. The molecule has 2 heteroatoms. The highest BCUT2D eigenvalue weighted by Gasteiger charge is 2.22. The Morgan fingerprint density at radius 3 is 1.62 bits per heavy atom. The van der Waals surface area contributed by atoms with Gasteiger partial charge in [0.25, 0.3) is 0 Å². The second-order valence-electron chi connectivity index (χ2n) is 5.46. The maximum atomic E-state index is 11.6. The number of rotatable bonds is 1. The van der Waals surface area contributed by atoms with E-state index in [4.69, 9.17) is 5.73 Å². The Balaban J connectivity index is 4.70. The highest BCUT2D eigenvalue weighted by Crippen LogP contribution is 2.23. The normalized spacial score (nSPS) is 14.5. The first kappa shape index (κ1) is 12.2. The van der Waals surface area contributed by atoms with Gasteiger partial charge in [0.2, 0.25) is 0 Å². The number of allylic oxidation sites excluding steroid dienone is 2. The third-order valence-corrected chi connectivity index (χ3v) is 1.89. The van der Waals surface area contributed by atoms with Crippen molar-refractivity contribution in [2.75, 3.05) is 0 Å². The van der Waals surface area contributed by atoms with Gasteiger partial charge in [0, 0.05) is 22.6 Å². The highest BCUT2D eigenvalue weighted by atomic mass is 16.1. The topological polar surface area (TPSA) is 43.1 Å². The molecule has 2 nitrogen and oxygen atoms in total. The Kier molecular flexibility index (Phi) is 3.31. The van der Waals surface area contributed by atoms with E-state index in [1.54, 1.807) is 6.08 Å². The molecule has 0 saturated heterocycles. The van der Waals surface area contributed by atoms with Crippen LogP contribution in [0.2, 0.25) is 0 Å². The zero-order valence-electron chi connectivity index (χ0n) is 9.56. The summed E-state index contributed by atoms with van der Waals surface area (Å²) in [5.74, 6) is 0.0833. The first-order chi connectivity index (χ1) is 5.55. The van der Waals surface area contributed by atoms with Crippen molar-refractivity contribution in [2.24, 2.45) is 16.6 Å². The van der Waals surface area contributed by atoms with Gasteiger partial charge in [-0.3, -0.25) is 4.79 Å². The lowest BCUT2D eigenvalue weighted by Crippen LogP contribution is -2.23. The van der Waals surface area contributed by atoms with Crippen LogP contribution in [0.1, 0.15) is 41.5 Å². The van der Waals surface area contributed by atoms with Gasteiger partial charge in [-0.1, -0.05) is 41.5 Å². The SMILES string of the molecule is CC(C)(C)C(=O)C=C(N)C(C)(C)C. The molecule has 0 aliphatic heterocycles. The summed E-state index contributed by atoms with van der Waals surface area (Å²) < 4.78 is 0. The van der Waals surface area contributed by atoms with E-state index in [9.17, 15) is 4.79 Å². The molecule has 0 heterocycles. The Morgan fingerprint density at radius 1 is 1.00 bits per heavy atom. The quantitative estimate of drug-likeness (QED) is 0.635. The fourth-order valence-electron chi connectivity index (χ4n) is 0.574. The lowest BCUT2D eigenvalue weighted by atomic mass is 9.86. The monoisotopic (exact) mass is 183 g/mol. The number of hydrogen-bond donors (Lipinski definition) is 1. The zero-order chi connectivity index (χ0) is 10.9. The lowest BCUT2D eigenvalue weighted by Gasteiger charge is -2.21. The van der Waals surface area contributed by atoms with Gasteiger partial charge in [0.15, 0.2) is 5.78 Å². The molecule has 0 aromatic heterocycles. The fraction of sp³-hybridized carbons (Fsp3) is 0.727. The summed E-state index contributed by atoms with van der Waals surface area (Å²) in [7, 11) is 0. The minimum Gasteiger partial charge on any atom is -0.402 e. The van der Waals surface area contributed by atoms with Gasteiger partial charge >= 0.3 is 0 Å². The molecule has 0 atom stereocenters. The molecule has 0 radical (unpaired) electrons. The first-order valence-corrected chi connectivity index (χ1v) is 4.57. The van der Waals surface area contributed by atoms with Gasteiger partial charge in [-0.05, 0) is 0 Å². The van der Waals surface area contributed by atoms with E-state index in [1.165, 1.54) is 0 Å². The molecule has 0 aromatic rings. The smallest absolute Gasteiger partial charge is 0.162 e. The average Bonchev–Trinajstić information content (AvgIpc) is 1.82. The molecule has 2 N–H and O–H groups in total. The molecule has 76 valence electrons. The molecular formula is C11H21NO. The number of carbonyl (C=O) groups excluding carboxylic acids is 1. The van der Waals surface area contributed by atoms with E-state index in [1.807, 2.05) is 41.5 Å². The molecule has 0 saturated carbocycles. The predicted molar refractivity (Wildman–Crippen MR) is 56.2 cm³/mol. The van der Waals surface area contributed by atoms with Crippen LogP contribution in [0, 0.1) is 10.8 Å². The third kappa shape index (κ3) is 4.11. The molecule has 13 heavy (non-hydrogen) atoms. The largest absolute Gasteiger partial charge is 0.402 e. The van der Waals surface area contributed by atoms with E-state index >= 15 is 0 Å². The van der Waals surface area contributed by atoms with Crippen molar-refractivity contribution in [1.29, 1.82) is 0 Å². The van der Waals surface area contributed by atoms with Crippen LogP contribution < -0.4 is 5.73 Å². The fourth-order valence-corrected chi connectivity index (χ4v) is 0.574. The van der Waals surface area contributed by atoms with Crippen molar-refractivity contribution < 1.29 is 4.79 Å². The summed E-state index contributed by atoms with van der Waals surface area (Å²) in [6.07, 6.45) is 1.56. The van der Waals surface area contributed by atoms with E-state index in [-0.39, 0.29) is 16.6 Å². The van der Waals surface area contributed by atoms with Gasteiger partial charge in [-0.25, -0.2) is 0 Å². The van der Waals surface area contributed by atoms with E-state index in [2.05, 4.69) is 0 Å². The molecule has 0 aliphatic carbocycles. The van der Waals surface area contributed by atoms with Crippen LogP contribution in [-0.4, -0.2) is 5.78 Å². The number of carbonyl (C=O) groups is 1. The van der Waals surface area contributed by atoms with Crippen LogP contribution in [-0.2, 0) is 4.79 Å². The molecule has 0 rings (SSSR count). The van der Waals surface area contributed by atoms with Crippen LogP contribution >= 0.6 is 0 Å². The summed E-state index contributed by atoms with van der Waals surface area (Å²) in [4.78, 5) is 11.6. The zero-order valence-corrected chi connectivity index (χ0v) is 9.56. The molecule has 0 aliphatic rings. The van der Waals surface area contributed by atoms with Crippen LogP contribution in [0.4, 0.5) is 0 Å². The van der Waals surface area contributed by atoms with Crippen molar-refractivity contribution in [3.63, 3.8) is 0 Å². The molecule has 0 amide bonds. The summed E-state index contributed by atoms with van der Waals surface area (Å²) >= 11 is 0. The van der Waals surface area contributed by atoms with Crippen molar-refractivity contribution in [2.45, 2.75) is 41.5 Å². The summed E-state index contributed by atoms with van der Waals surface area (Å²) in [6.45, 7) is 11.7. The van der Waals surface area contributed by atoms with Crippen LogP contribution in [0.3, 0.4) is 0 Å². The number of ketones is 1. The Hall–Kier alpha value is -0.790. The van der Waals surface area contributed by atoms with Crippen LogP contribution in [0.5, 0.6) is 0 Å². The van der Waals surface area contributed by atoms with Crippen molar-refractivity contribution in [3.8, 4) is 0 Å². The maximum Gasteiger partial charge on any atom is 0.162 e. The van der Waals surface area contributed by atoms with Gasteiger partial charge < -0.3 is 5.73 Å². The number of nitrogens with two attached hydrogens (primary N) is 1. The Labute approximate surface area is 81.2 Å².